The van der Waals surface area contributed by atoms with Crippen molar-refractivity contribution in [3.8, 4) is 5.69 Å². The molecule has 90 valence electrons. The van der Waals surface area contributed by atoms with E-state index in [0.717, 1.165) is 21.2 Å². The highest BCUT2D eigenvalue weighted by Gasteiger charge is 2.09. The van der Waals surface area contributed by atoms with E-state index in [4.69, 9.17) is 23.8 Å². The normalized spacial score (nSPS) is 11.0. The molecule has 0 radical (unpaired) electrons. The van der Waals surface area contributed by atoms with Crippen LogP contribution in [0.1, 0.15) is 0 Å². The van der Waals surface area contributed by atoms with Crippen LogP contribution in [0.5, 0.6) is 0 Å². The Morgan fingerprint density at radius 1 is 1.33 bits per heavy atom. The first-order valence-electron chi connectivity index (χ1n) is 5.17. The first kappa shape index (κ1) is 11.9. The van der Waals surface area contributed by atoms with Crippen LogP contribution in [0.2, 0.25) is 5.02 Å². The second-order valence-corrected chi connectivity index (χ2v) is 5.43. The minimum atomic E-state index is 0.612. The number of nitrogens with one attached hydrogen (secondary N) is 1. The molecule has 0 aliphatic rings. The van der Waals surface area contributed by atoms with Crippen molar-refractivity contribution < 1.29 is 0 Å². The van der Waals surface area contributed by atoms with E-state index >= 15 is 0 Å². The van der Waals surface area contributed by atoms with E-state index in [0.29, 0.717) is 9.79 Å². The molecule has 0 aliphatic heterocycles. The molecule has 0 fully saturated rings. The first-order valence-corrected chi connectivity index (χ1v) is 6.75. The van der Waals surface area contributed by atoms with Gasteiger partial charge in [-0.05, 0) is 52.4 Å². The van der Waals surface area contributed by atoms with Crippen molar-refractivity contribution in [2.24, 2.45) is 0 Å². The Morgan fingerprint density at radius 2 is 2.17 bits per heavy atom. The minimum Gasteiger partial charge on any atom is -0.329 e. The lowest BCUT2D eigenvalue weighted by atomic mass is 10.3. The van der Waals surface area contributed by atoms with E-state index in [-0.39, 0.29) is 0 Å². The lowest BCUT2D eigenvalue weighted by molar-refractivity contribution is 1.06. The highest BCUT2D eigenvalue weighted by molar-refractivity contribution is 9.10. The van der Waals surface area contributed by atoms with Crippen molar-refractivity contribution in [2.45, 2.75) is 0 Å². The van der Waals surface area contributed by atoms with Gasteiger partial charge in [-0.25, -0.2) is 0 Å². The third-order valence-corrected chi connectivity index (χ3v) is 3.82. The molecule has 18 heavy (non-hydrogen) atoms. The van der Waals surface area contributed by atoms with E-state index in [1.54, 1.807) is 12.4 Å². The Bertz CT molecular complexity index is 793. The van der Waals surface area contributed by atoms with Crippen LogP contribution < -0.4 is 0 Å². The zero-order valence-corrected chi connectivity index (χ0v) is 12.2. The molecule has 2 aromatic heterocycles. The van der Waals surface area contributed by atoms with Crippen LogP contribution in [0.4, 0.5) is 0 Å². The number of aromatic amines is 1. The monoisotopic (exact) mass is 339 g/mol. The summed E-state index contributed by atoms with van der Waals surface area (Å²) in [6.45, 7) is 0. The van der Waals surface area contributed by atoms with E-state index in [1.807, 2.05) is 28.8 Å². The fourth-order valence-electron chi connectivity index (χ4n) is 1.86. The molecule has 6 heteroatoms. The van der Waals surface area contributed by atoms with Gasteiger partial charge in [0.2, 0.25) is 0 Å². The zero-order valence-electron chi connectivity index (χ0n) is 9.02. The molecule has 3 rings (SSSR count). The predicted octanol–water partition coefficient (Wildman–Crippen LogP) is 4.50. The number of hydrogen-bond acceptors (Lipinski definition) is 2. The van der Waals surface area contributed by atoms with Gasteiger partial charge in [-0.3, -0.25) is 9.55 Å². The number of H-pyrrole nitrogens is 1. The van der Waals surface area contributed by atoms with Gasteiger partial charge in [-0.1, -0.05) is 11.6 Å². The van der Waals surface area contributed by atoms with Gasteiger partial charge in [0.15, 0.2) is 4.77 Å². The average molecular weight is 341 g/mol. The number of pyridine rings is 1. The van der Waals surface area contributed by atoms with E-state index in [9.17, 15) is 0 Å². The van der Waals surface area contributed by atoms with Gasteiger partial charge in [-0.15, -0.1) is 0 Å². The summed E-state index contributed by atoms with van der Waals surface area (Å²) in [4.78, 5) is 7.20. The summed E-state index contributed by atoms with van der Waals surface area (Å²) in [5, 5.41) is 0.665. The molecule has 3 aromatic rings. The maximum absolute atomic E-state index is 6.05. The van der Waals surface area contributed by atoms with Crippen molar-refractivity contribution in [1.29, 1.82) is 0 Å². The molecule has 1 aromatic carbocycles. The average Bonchev–Trinajstić information content (AvgIpc) is 2.68. The third kappa shape index (κ3) is 1.88. The lowest BCUT2D eigenvalue weighted by Crippen LogP contribution is -1.95. The van der Waals surface area contributed by atoms with Crippen molar-refractivity contribution in [2.75, 3.05) is 0 Å². The predicted molar refractivity (Wildman–Crippen MR) is 79.0 cm³/mol. The van der Waals surface area contributed by atoms with Crippen molar-refractivity contribution >= 4 is 50.8 Å². The lowest BCUT2D eigenvalue weighted by Gasteiger charge is -2.07. The summed E-state index contributed by atoms with van der Waals surface area (Å²) in [7, 11) is 0. The van der Waals surface area contributed by atoms with Crippen LogP contribution in [-0.4, -0.2) is 14.5 Å². The van der Waals surface area contributed by atoms with E-state index in [1.165, 1.54) is 0 Å². The second-order valence-electron chi connectivity index (χ2n) is 3.75. The number of hydrogen-bond donors (Lipinski definition) is 1. The Morgan fingerprint density at radius 3 is 3.00 bits per heavy atom. The minimum absolute atomic E-state index is 0.612. The Balaban J connectivity index is 2.41. The molecular formula is C12H7BrClN3S. The first-order chi connectivity index (χ1) is 8.66. The van der Waals surface area contributed by atoms with Crippen molar-refractivity contribution in [3.63, 3.8) is 0 Å². The van der Waals surface area contributed by atoms with Crippen LogP contribution in [-0.2, 0) is 0 Å². The number of rotatable bonds is 1. The fraction of sp³-hybridized carbons (Fsp3) is 0. The van der Waals surface area contributed by atoms with E-state index in [2.05, 4.69) is 25.9 Å². The number of fused-ring (bicyclic) bond motifs is 1. The molecule has 0 spiro atoms. The maximum atomic E-state index is 6.05. The van der Waals surface area contributed by atoms with Crippen LogP contribution in [0.3, 0.4) is 0 Å². The number of halogens is 2. The molecule has 0 aliphatic carbocycles. The maximum Gasteiger partial charge on any atom is 0.182 e. The third-order valence-electron chi connectivity index (χ3n) is 2.63. The molecule has 0 saturated carbocycles. The molecule has 1 N–H and O–H groups in total. The van der Waals surface area contributed by atoms with Crippen LogP contribution >= 0.6 is 39.7 Å². The van der Waals surface area contributed by atoms with Crippen molar-refractivity contribution in [1.82, 2.24) is 14.5 Å². The molecule has 0 unspecified atom stereocenters. The topological polar surface area (TPSA) is 33.6 Å². The van der Waals surface area contributed by atoms with Gasteiger partial charge >= 0.3 is 0 Å². The SMILES string of the molecule is S=c1[nH]c2cnccc2n1-c1cc(Cl)ccc1Br. The molecular weight excluding hydrogens is 334 g/mol. The van der Waals surface area contributed by atoms with E-state index < -0.39 is 0 Å². The second kappa shape index (κ2) is 4.50. The molecule has 0 amide bonds. The molecule has 2 heterocycles. The quantitative estimate of drug-likeness (QED) is 0.662. The standard InChI is InChI=1S/C12H7BrClN3S/c13-8-2-1-7(14)5-11(8)17-10-3-4-15-6-9(10)16-12(17)18/h1-6H,(H,16,18). The summed E-state index contributed by atoms with van der Waals surface area (Å²) in [5.41, 5.74) is 2.78. The molecule has 3 nitrogen and oxygen atoms in total. The zero-order chi connectivity index (χ0) is 12.7. The number of benzene rings is 1. The Hall–Kier alpha value is -1.17. The summed E-state index contributed by atoms with van der Waals surface area (Å²) in [6.07, 6.45) is 3.49. The van der Waals surface area contributed by atoms with Gasteiger partial charge in [0.25, 0.3) is 0 Å². The van der Waals surface area contributed by atoms with Crippen LogP contribution in [0.25, 0.3) is 16.7 Å². The fourth-order valence-corrected chi connectivity index (χ4v) is 2.75. The van der Waals surface area contributed by atoms with Crippen LogP contribution in [0.15, 0.2) is 41.1 Å². The Kier molecular flexibility index (Phi) is 2.97. The van der Waals surface area contributed by atoms with Gasteiger partial charge in [0, 0.05) is 15.7 Å². The summed E-state index contributed by atoms with van der Waals surface area (Å²) < 4.78 is 3.48. The molecule has 0 atom stereocenters. The van der Waals surface area contributed by atoms with Gasteiger partial charge in [0.1, 0.15) is 0 Å². The summed E-state index contributed by atoms with van der Waals surface area (Å²) >= 11 is 14.9. The van der Waals surface area contributed by atoms with Crippen LogP contribution in [0, 0.1) is 4.77 Å². The number of imidazole rings is 1. The summed E-state index contributed by atoms with van der Waals surface area (Å²) in [6, 6.07) is 7.51. The Labute approximate surface area is 122 Å². The highest BCUT2D eigenvalue weighted by atomic mass is 79.9. The largest absolute Gasteiger partial charge is 0.329 e. The number of aromatic nitrogens is 3. The van der Waals surface area contributed by atoms with Crippen molar-refractivity contribution in [3.05, 3.63) is 50.9 Å². The highest BCUT2D eigenvalue weighted by Crippen LogP contribution is 2.28. The molecule has 0 saturated heterocycles. The van der Waals surface area contributed by atoms with Gasteiger partial charge < -0.3 is 4.98 Å². The number of nitrogens with zero attached hydrogens (tertiary/aromatic N) is 2. The summed E-state index contributed by atoms with van der Waals surface area (Å²) in [5.74, 6) is 0. The van der Waals surface area contributed by atoms with Gasteiger partial charge in [-0.2, -0.15) is 0 Å². The smallest absolute Gasteiger partial charge is 0.182 e. The molecule has 0 bridgehead atoms. The van der Waals surface area contributed by atoms with Gasteiger partial charge in [0.05, 0.1) is 22.9 Å².